The molecule has 9 nitrogen and oxygen atoms in total. The number of hydrogen-bond donors (Lipinski definition) is 3. The lowest BCUT2D eigenvalue weighted by Gasteiger charge is -2.42. The van der Waals surface area contributed by atoms with Gasteiger partial charge in [-0.2, -0.15) is 0 Å². The van der Waals surface area contributed by atoms with Gasteiger partial charge >= 0.3 is 0 Å². The van der Waals surface area contributed by atoms with Crippen molar-refractivity contribution in [1.29, 1.82) is 5.41 Å². The molecule has 0 unspecified atom stereocenters. The Morgan fingerprint density at radius 3 is 2.81 bits per heavy atom. The van der Waals surface area contributed by atoms with Gasteiger partial charge in [0, 0.05) is 58.0 Å². The van der Waals surface area contributed by atoms with Crippen molar-refractivity contribution in [2.24, 2.45) is 5.92 Å². The molecule has 2 atom stereocenters. The smallest absolute Gasteiger partial charge is 0.255 e. The molecule has 3 N–H and O–H groups in total. The molecule has 1 saturated heterocycles. The molecule has 3 aromatic rings. The third kappa shape index (κ3) is 3.71. The standard InChI is InChI=1S/C27H30N4O5.H2/c1-15-20(26(33)31-13-17-7-9-27(17,14-31)34-4)12-30-24(15)21(8-10-28)36-18-5-6-19-22(11-18)35-16(2)23(19)25(32)29-3;/h5-6,8,10-12,17,28,30H,7,9,13-14H2,1-4H3,(H,29,32);1H/b21-8+,28-10?;/t17-,27-;/m0./s1. The first-order chi connectivity index (χ1) is 17.3. The topological polar surface area (TPSA) is 121 Å². The van der Waals surface area contributed by atoms with E-state index in [1.54, 1.807) is 45.5 Å². The monoisotopic (exact) mass is 492 g/mol. The Bertz CT molecular complexity index is 1400. The molecule has 1 saturated carbocycles. The van der Waals surface area contributed by atoms with Crippen LogP contribution in [0.2, 0.25) is 0 Å². The van der Waals surface area contributed by atoms with Crippen LogP contribution in [0.3, 0.4) is 0 Å². The Kier molecular flexibility index (Phi) is 5.96. The molecular weight excluding hydrogens is 460 g/mol. The molecule has 5 rings (SSSR count). The number of nitrogens with zero attached hydrogens (tertiary/aromatic N) is 1. The van der Waals surface area contributed by atoms with Crippen LogP contribution >= 0.6 is 0 Å². The summed E-state index contributed by atoms with van der Waals surface area (Å²) >= 11 is 0. The number of fused-ring (bicyclic) bond motifs is 2. The SMILES string of the molecule is CNC(=O)c1c(C)oc2cc(O/C(=C/C=N)c3[nH]cc(C(=O)N4C[C@@H]5CC[C@]5(OC)C4)c3C)ccc12.[HH]. The van der Waals surface area contributed by atoms with Crippen LogP contribution in [0.15, 0.2) is 34.9 Å². The van der Waals surface area contributed by atoms with E-state index in [4.69, 9.17) is 19.3 Å². The summed E-state index contributed by atoms with van der Waals surface area (Å²) in [6.07, 6.45) is 6.43. The molecule has 190 valence electrons. The molecular formula is C27H32N4O5. The molecule has 2 aromatic heterocycles. The van der Waals surface area contributed by atoms with Crippen LogP contribution in [0.5, 0.6) is 5.75 Å². The summed E-state index contributed by atoms with van der Waals surface area (Å²) in [5.74, 6) is 1.53. The van der Waals surface area contributed by atoms with Crippen LogP contribution in [0, 0.1) is 25.2 Å². The molecule has 1 aromatic carbocycles. The number of amides is 2. The molecule has 2 fully saturated rings. The summed E-state index contributed by atoms with van der Waals surface area (Å²) in [4.78, 5) is 30.6. The maximum atomic E-state index is 13.4. The summed E-state index contributed by atoms with van der Waals surface area (Å²) in [7, 11) is 3.31. The van der Waals surface area contributed by atoms with Crippen molar-refractivity contribution in [1.82, 2.24) is 15.2 Å². The number of aryl methyl sites for hydroxylation is 1. The highest BCUT2D eigenvalue weighted by atomic mass is 16.5. The van der Waals surface area contributed by atoms with Crippen molar-refractivity contribution in [2.75, 3.05) is 27.2 Å². The number of likely N-dealkylation sites (tertiary alicyclic amines) is 1. The summed E-state index contributed by atoms with van der Waals surface area (Å²) in [6.45, 7) is 4.92. The quantitative estimate of drug-likeness (QED) is 0.335. The maximum Gasteiger partial charge on any atom is 0.255 e. The Morgan fingerprint density at radius 1 is 1.36 bits per heavy atom. The lowest BCUT2D eigenvalue weighted by atomic mass is 9.72. The van der Waals surface area contributed by atoms with Gasteiger partial charge < -0.3 is 34.5 Å². The number of ether oxygens (including phenoxy) is 2. The molecule has 3 heterocycles. The van der Waals surface area contributed by atoms with E-state index in [0.717, 1.165) is 24.6 Å². The summed E-state index contributed by atoms with van der Waals surface area (Å²) < 4.78 is 17.7. The fraction of sp³-hybridized carbons (Fsp3) is 0.370. The van der Waals surface area contributed by atoms with Crippen molar-refractivity contribution < 1.29 is 24.9 Å². The van der Waals surface area contributed by atoms with E-state index < -0.39 is 0 Å². The van der Waals surface area contributed by atoms with E-state index in [0.29, 0.717) is 64.1 Å². The number of carbonyl (C=O) groups is 2. The number of furan rings is 1. The average Bonchev–Trinajstić information content (AvgIpc) is 3.48. The van der Waals surface area contributed by atoms with Gasteiger partial charge in [0.05, 0.1) is 29.0 Å². The van der Waals surface area contributed by atoms with Crippen molar-refractivity contribution in [3.05, 3.63) is 58.6 Å². The van der Waals surface area contributed by atoms with Crippen molar-refractivity contribution in [2.45, 2.75) is 32.3 Å². The third-order valence-electron chi connectivity index (χ3n) is 7.62. The van der Waals surface area contributed by atoms with E-state index in [9.17, 15) is 9.59 Å². The van der Waals surface area contributed by atoms with Gasteiger partial charge in [-0.15, -0.1) is 0 Å². The molecule has 36 heavy (non-hydrogen) atoms. The van der Waals surface area contributed by atoms with Crippen molar-refractivity contribution >= 4 is 34.8 Å². The van der Waals surface area contributed by atoms with Crippen LogP contribution in [-0.2, 0) is 4.74 Å². The highest BCUT2D eigenvalue weighted by Crippen LogP contribution is 2.47. The van der Waals surface area contributed by atoms with Gasteiger partial charge in [0.2, 0.25) is 0 Å². The Hall–Kier alpha value is -3.85. The van der Waals surface area contributed by atoms with Crippen molar-refractivity contribution in [3.63, 3.8) is 0 Å². The van der Waals surface area contributed by atoms with Gasteiger partial charge in [-0.25, -0.2) is 0 Å². The van der Waals surface area contributed by atoms with Crippen LogP contribution in [-0.4, -0.2) is 60.8 Å². The van der Waals surface area contributed by atoms with Crippen LogP contribution < -0.4 is 10.1 Å². The van der Waals surface area contributed by atoms with Crippen LogP contribution in [0.4, 0.5) is 0 Å². The number of carbonyl (C=O) groups excluding carboxylic acids is 2. The largest absolute Gasteiger partial charge is 0.460 e. The second-order valence-electron chi connectivity index (χ2n) is 9.46. The number of methoxy groups -OCH3 is 1. The minimum atomic E-state index is -0.217. The normalized spacial score (nSPS) is 21.3. The number of aromatic nitrogens is 1. The lowest BCUT2D eigenvalue weighted by molar-refractivity contribution is -0.0931. The fourth-order valence-corrected chi connectivity index (χ4v) is 5.46. The molecule has 0 spiro atoms. The van der Waals surface area contributed by atoms with Gasteiger partial charge in [0.1, 0.15) is 17.1 Å². The first kappa shape index (κ1) is 23.9. The summed E-state index contributed by atoms with van der Waals surface area (Å²) in [5.41, 5.74) is 2.75. The Balaban J connectivity index is 0.00000320. The zero-order valence-electron chi connectivity index (χ0n) is 20.9. The molecule has 2 aliphatic rings. The molecule has 2 amide bonds. The lowest BCUT2D eigenvalue weighted by Crippen LogP contribution is -2.48. The van der Waals surface area contributed by atoms with Crippen LogP contribution in [0.1, 0.15) is 52.0 Å². The number of aromatic amines is 1. The molecule has 1 aliphatic heterocycles. The number of H-pyrrole nitrogens is 1. The molecule has 0 radical (unpaired) electrons. The highest BCUT2D eigenvalue weighted by Gasteiger charge is 2.54. The average molecular weight is 493 g/mol. The predicted octanol–water partition coefficient (Wildman–Crippen LogP) is 4.30. The first-order valence-corrected chi connectivity index (χ1v) is 12.0. The van der Waals surface area contributed by atoms with E-state index >= 15 is 0 Å². The van der Waals surface area contributed by atoms with Gasteiger partial charge in [0.25, 0.3) is 11.8 Å². The zero-order chi connectivity index (χ0) is 25.6. The van der Waals surface area contributed by atoms with E-state index in [2.05, 4.69) is 10.3 Å². The van der Waals surface area contributed by atoms with E-state index in [1.807, 2.05) is 11.8 Å². The minimum absolute atomic E-state index is 0. The summed E-state index contributed by atoms with van der Waals surface area (Å²) in [5, 5.41) is 10.9. The fourth-order valence-electron chi connectivity index (χ4n) is 5.46. The number of rotatable bonds is 7. The highest BCUT2D eigenvalue weighted by molar-refractivity contribution is 6.07. The maximum absolute atomic E-state index is 13.4. The Labute approximate surface area is 210 Å². The minimum Gasteiger partial charge on any atom is -0.460 e. The molecule has 1 aliphatic carbocycles. The van der Waals surface area contributed by atoms with Gasteiger partial charge in [-0.3, -0.25) is 9.59 Å². The second-order valence-corrected chi connectivity index (χ2v) is 9.46. The number of nitrogens with one attached hydrogen (secondary N) is 3. The summed E-state index contributed by atoms with van der Waals surface area (Å²) in [6, 6.07) is 5.23. The third-order valence-corrected chi connectivity index (χ3v) is 7.62. The zero-order valence-corrected chi connectivity index (χ0v) is 20.9. The second kappa shape index (κ2) is 8.98. The molecule has 9 heteroatoms. The van der Waals surface area contributed by atoms with Crippen molar-refractivity contribution in [3.8, 4) is 5.75 Å². The number of allylic oxidation sites excluding steroid dienone is 1. The van der Waals surface area contributed by atoms with E-state index in [1.165, 1.54) is 6.08 Å². The number of benzene rings is 1. The van der Waals surface area contributed by atoms with Gasteiger partial charge in [-0.1, -0.05) is 0 Å². The van der Waals surface area contributed by atoms with Gasteiger partial charge in [0.15, 0.2) is 5.76 Å². The Morgan fingerprint density at radius 2 is 2.17 bits per heavy atom. The van der Waals surface area contributed by atoms with E-state index in [-0.39, 0.29) is 18.8 Å². The van der Waals surface area contributed by atoms with Gasteiger partial charge in [-0.05, 0) is 44.4 Å². The first-order valence-electron chi connectivity index (χ1n) is 12.0. The molecule has 0 bridgehead atoms. The van der Waals surface area contributed by atoms with Crippen LogP contribution in [0.25, 0.3) is 16.7 Å². The predicted molar refractivity (Wildman–Crippen MR) is 138 cm³/mol. The number of hydrogen-bond acceptors (Lipinski definition) is 6.